The number of thioether (sulfide) groups is 1. The maximum absolute atomic E-state index is 12.5. The van der Waals surface area contributed by atoms with Crippen molar-refractivity contribution in [3.05, 3.63) is 48.0 Å². The van der Waals surface area contributed by atoms with Gasteiger partial charge in [0.15, 0.2) is 5.17 Å². The van der Waals surface area contributed by atoms with Crippen molar-refractivity contribution in [3.8, 4) is 5.75 Å². The number of ether oxygens (including phenoxy) is 2. The number of amides is 1. The molecule has 33 heavy (non-hydrogen) atoms. The summed E-state index contributed by atoms with van der Waals surface area (Å²) < 4.78 is 46.3. The maximum Gasteiger partial charge on any atom is 0.345 e. The number of nitrogens with zero attached hydrogens (tertiary/aromatic N) is 3. The molecule has 3 N–H and O–H groups in total. The second-order valence-electron chi connectivity index (χ2n) is 7.36. The van der Waals surface area contributed by atoms with Crippen molar-refractivity contribution in [3.63, 3.8) is 0 Å². The van der Waals surface area contributed by atoms with Crippen LogP contribution in [0.15, 0.2) is 41.7 Å². The summed E-state index contributed by atoms with van der Waals surface area (Å²) in [5.74, 6) is -0.232. The SMILES string of the molecule is C[C@@H]1N=C(N)S[C@H](COC(F)F)C[C@@H]1Cc1cc(NC(=O)c2ccc(OCF)cn2)ccn1. The number of aliphatic imine (C=N–C) groups is 1. The van der Waals surface area contributed by atoms with E-state index in [0.717, 1.165) is 0 Å². The molecule has 0 saturated carbocycles. The average Bonchev–Trinajstić information content (AvgIpc) is 2.90. The summed E-state index contributed by atoms with van der Waals surface area (Å²) in [5.41, 5.74) is 7.28. The van der Waals surface area contributed by atoms with E-state index < -0.39 is 19.4 Å². The Morgan fingerprint density at radius 2 is 2.15 bits per heavy atom. The molecule has 0 fully saturated rings. The van der Waals surface area contributed by atoms with Crippen LogP contribution >= 0.6 is 11.8 Å². The van der Waals surface area contributed by atoms with Crippen LogP contribution in [0.1, 0.15) is 29.5 Å². The summed E-state index contributed by atoms with van der Waals surface area (Å²) >= 11 is 1.24. The van der Waals surface area contributed by atoms with E-state index in [9.17, 15) is 18.0 Å². The van der Waals surface area contributed by atoms with Crippen LogP contribution in [0, 0.1) is 5.92 Å². The Labute approximate surface area is 193 Å². The molecule has 3 heterocycles. The van der Waals surface area contributed by atoms with Gasteiger partial charge in [0.25, 0.3) is 5.91 Å². The van der Waals surface area contributed by atoms with Crippen molar-refractivity contribution in [1.29, 1.82) is 0 Å². The van der Waals surface area contributed by atoms with E-state index in [4.69, 9.17) is 5.73 Å². The molecule has 0 aromatic carbocycles. The number of hydrogen-bond acceptors (Lipinski definition) is 8. The van der Waals surface area contributed by atoms with Crippen molar-refractivity contribution < 1.29 is 27.4 Å². The lowest BCUT2D eigenvalue weighted by molar-refractivity contribution is -0.128. The summed E-state index contributed by atoms with van der Waals surface area (Å²) in [4.78, 5) is 25.2. The van der Waals surface area contributed by atoms with Gasteiger partial charge in [-0.25, -0.2) is 9.37 Å². The molecule has 8 nitrogen and oxygen atoms in total. The Hall–Kier alpha value is -2.86. The van der Waals surface area contributed by atoms with E-state index in [1.54, 1.807) is 18.3 Å². The molecule has 2 aromatic rings. The molecule has 1 aliphatic rings. The molecule has 0 aliphatic carbocycles. The topological polar surface area (TPSA) is 112 Å². The summed E-state index contributed by atoms with van der Waals surface area (Å²) in [6.07, 6.45) is 3.92. The van der Waals surface area contributed by atoms with Gasteiger partial charge in [-0.3, -0.25) is 14.8 Å². The van der Waals surface area contributed by atoms with Crippen LogP contribution in [0.25, 0.3) is 0 Å². The first-order valence-corrected chi connectivity index (χ1v) is 11.0. The van der Waals surface area contributed by atoms with E-state index in [1.165, 1.54) is 30.1 Å². The van der Waals surface area contributed by atoms with Crippen LogP contribution in [0.2, 0.25) is 0 Å². The number of anilines is 1. The zero-order valence-electron chi connectivity index (χ0n) is 17.8. The van der Waals surface area contributed by atoms with Gasteiger partial charge in [-0.15, -0.1) is 0 Å². The molecule has 2 aromatic heterocycles. The van der Waals surface area contributed by atoms with Crippen molar-refractivity contribution in [2.45, 2.75) is 37.7 Å². The Morgan fingerprint density at radius 3 is 2.85 bits per heavy atom. The van der Waals surface area contributed by atoms with Crippen molar-refractivity contribution in [2.24, 2.45) is 16.6 Å². The Bertz CT molecular complexity index is 964. The molecular formula is C21H24F3N5O3S. The lowest BCUT2D eigenvalue weighted by Gasteiger charge is -2.22. The molecule has 0 unspecified atom stereocenters. The predicted molar refractivity (Wildman–Crippen MR) is 119 cm³/mol. The van der Waals surface area contributed by atoms with Gasteiger partial charge in [0.05, 0.1) is 18.8 Å². The summed E-state index contributed by atoms with van der Waals surface area (Å²) in [6.45, 7) is -2.04. The van der Waals surface area contributed by atoms with Crippen molar-refractivity contribution in [1.82, 2.24) is 9.97 Å². The van der Waals surface area contributed by atoms with E-state index in [0.29, 0.717) is 29.4 Å². The second-order valence-corrected chi connectivity index (χ2v) is 8.68. The maximum atomic E-state index is 12.5. The van der Waals surface area contributed by atoms with E-state index in [1.807, 2.05) is 6.92 Å². The highest BCUT2D eigenvalue weighted by Gasteiger charge is 2.28. The first-order valence-electron chi connectivity index (χ1n) is 10.1. The average molecular weight is 484 g/mol. The predicted octanol–water partition coefficient (Wildman–Crippen LogP) is 3.64. The van der Waals surface area contributed by atoms with Gasteiger partial charge in [-0.1, -0.05) is 11.8 Å². The largest absolute Gasteiger partial charge is 0.461 e. The van der Waals surface area contributed by atoms with Crippen molar-refractivity contribution >= 4 is 28.5 Å². The van der Waals surface area contributed by atoms with Gasteiger partial charge in [-0.05, 0) is 49.9 Å². The number of nitrogens with two attached hydrogens (primary N) is 1. The Balaban J connectivity index is 1.66. The minimum atomic E-state index is -2.84. The third-order valence-corrected chi connectivity index (χ3v) is 6.02. The van der Waals surface area contributed by atoms with Crippen molar-refractivity contribution in [2.75, 3.05) is 18.8 Å². The number of rotatable bonds is 9. The zero-order chi connectivity index (χ0) is 23.8. The number of amidine groups is 1. The van der Waals surface area contributed by atoms with Gasteiger partial charge in [0, 0.05) is 22.8 Å². The van der Waals surface area contributed by atoms with Crippen LogP contribution in [0.3, 0.4) is 0 Å². The highest BCUT2D eigenvalue weighted by atomic mass is 32.2. The third-order valence-electron chi connectivity index (χ3n) is 5.01. The van der Waals surface area contributed by atoms with Gasteiger partial charge in [0.2, 0.25) is 6.86 Å². The molecule has 0 spiro atoms. The fourth-order valence-corrected chi connectivity index (χ4v) is 4.48. The number of alkyl halides is 3. The lowest BCUT2D eigenvalue weighted by Crippen LogP contribution is -2.24. The molecule has 1 amide bonds. The molecule has 3 atom stereocenters. The monoisotopic (exact) mass is 483 g/mol. The number of pyridine rings is 2. The normalized spacial score (nSPS) is 20.8. The van der Waals surface area contributed by atoms with E-state index in [-0.39, 0.29) is 35.3 Å². The molecule has 12 heteroatoms. The van der Waals surface area contributed by atoms with Gasteiger partial charge in [-0.2, -0.15) is 8.78 Å². The Kier molecular flexibility index (Phi) is 8.89. The van der Waals surface area contributed by atoms with E-state index in [2.05, 4.69) is 29.8 Å². The number of aromatic nitrogens is 2. The van der Waals surface area contributed by atoms with E-state index >= 15 is 0 Å². The van der Waals surface area contributed by atoms with Crippen LogP contribution in [0.4, 0.5) is 18.9 Å². The van der Waals surface area contributed by atoms with Gasteiger partial charge >= 0.3 is 6.61 Å². The molecule has 1 aliphatic heterocycles. The van der Waals surface area contributed by atoms with Crippen LogP contribution in [-0.4, -0.2) is 52.4 Å². The molecule has 0 radical (unpaired) electrons. The first-order chi connectivity index (χ1) is 15.8. The Morgan fingerprint density at radius 1 is 1.33 bits per heavy atom. The molecule has 0 saturated heterocycles. The number of hydrogen-bond donors (Lipinski definition) is 2. The fraction of sp³-hybridized carbons (Fsp3) is 0.429. The van der Waals surface area contributed by atoms with Gasteiger partial charge < -0.3 is 20.5 Å². The smallest absolute Gasteiger partial charge is 0.345 e. The quantitative estimate of drug-likeness (QED) is 0.560. The minimum Gasteiger partial charge on any atom is -0.461 e. The molecular weight excluding hydrogens is 459 g/mol. The summed E-state index contributed by atoms with van der Waals surface area (Å²) in [5, 5.41) is 2.84. The second kappa shape index (κ2) is 11.8. The summed E-state index contributed by atoms with van der Waals surface area (Å²) in [6, 6.07) is 6.12. The fourth-order valence-electron chi connectivity index (χ4n) is 3.42. The van der Waals surface area contributed by atoms with Crippen LogP contribution in [-0.2, 0) is 11.2 Å². The van der Waals surface area contributed by atoms with Crippen LogP contribution < -0.4 is 15.8 Å². The zero-order valence-corrected chi connectivity index (χ0v) is 18.6. The first kappa shape index (κ1) is 24.8. The standard InChI is InChI=1S/C21H24F3N5O3S/c1-12-13(7-17(10-31-20(23)24)33-21(25)28-12)6-15-8-14(4-5-26-15)29-19(30)18-3-2-16(9-27-18)32-11-22/h2-5,8-9,12-13,17,20H,6-7,10-11H2,1H3,(H2,25,28)(H,26,29,30)/t12-,13-,17-/m0/s1. The molecule has 3 rings (SSSR count). The van der Waals surface area contributed by atoms with Crippen LogP contribution in [0.5, 0.6) is 5.75 Å². The molecule has 178 valence electrons. The third kappa shape index (κ3) is 7.60. The van der Waals surface area contributed by atoms with Gasteiger partial charge in [0.1, 0.15) is 11.4 Å². The molecule has 0 bridgehead atoms. The highest BCUT2D eigenvalue weighted by molar-refractivity contribution is 8.14. The summed E-state index contributed by atoms with van der Waals surface area (Å²) in [7, 11) is 0. The lowest BCUT2D eigenvalue weighted by atomic mass is 9.91. The highest BCUT2D eigenvalue weighted by Crippen LogP contribution is 2.30. The minimum absolute atomic E-state index is 0.00649. The number of carbonyl (C=O) groups excluding carboxylic acids is 1. The number of halogens is 3. The number of nitrogens with one attached hydrogen (secondary N) is 1. The number of carbonyl (C=O) groups is 1.